The number of halogens is 3. The smallest absolute Gasteiger partial charge is 0.316 e. The van der Waals surface area contributed by atoms with Crippen LogP contribution in [0.2, 0.25) is 0 Å². The lowest BCUT2D eigenvalue weighted by Crippen LogP contribution is -2.49. The number of rotatable bonds is 7. The Balaban J connectivity index is 2.48. The lowest BCUT2D eigenvalue weighted by molar-refractivity contribution is -0.121. The molecular formula is C11H22F3N3O2S. The zero-order valence-electron chi connectivity index (χ0n) is 11.5. The highest BCUT2D eigenvalue weighted by Crippen LogP contribution is 2.19. The summed E-state index contributed by atoms with van der Waals surface area (Å²) >= 11 is 0. The summed E-state index contributed by atoms with van der Waals surface area (Å²) in [4.78, 5) is 0. The molecular weight excluding hydrogens is 295 g/mol. The van der Waals surface area contributed by atoms with Crippen molar-refractivity contribution in [3.8, 4) is 0 Å². The Morgan fingerprint density at radius 1 is 1.35 bits per heavy atom. The molecule has 9 heteroatoms. The Morgan fingerprint density at radius 3 is 2.65 bits per heavy atom. The molecule has 1 fully saturated rings. The topological polar surface area (TPSA) is 61.4 Å². The summed E-state index contributed by atoms with van der Waals surface area (Å²) in [5, 5.41) is 3.21. The number of piperidine rings is 1. The van der Waals surface area contributed by atoms with Gasteiger partial charge < -0.3 is 5.32 Å². The molecule has 120 valence electrons. The Bertz CT molecular complexity index is 387. The van der Waals surface area contributed by atoms with Crippen LogP contribution < -0.4 is 10.0 Å². The highest BCUT2D eigenvalue weighted by molar-refractivity contribution is 7.87. The average molecular weight is 317 g/mol. The molecule has 1 aliphatic heterocycles. The lowest BCUT2D eigenvalue weighted by atomic mass is 10.00. The van der Waals surface area contributed by atoms with Crippen molar-refractivity contribution in [2.45, 2.75) is 32.4 Å². The molecule has 0 aromatic heterocycles. The van der Waals surface area contributed by atoms with Crippen LogP contribution in [0.1, 0.15) is 26.2 Å². The van der Waals surface area contributed by atoms with Gasteiger partial charge >= 0.3 is 6.18 Å². The Hall–Kier alpha value is -0.380. The number of nitrogens with zero attached hydrogens (tertiary/aromatic N) is 1. The van der Waals surface area contributed by atoms with Crippen molar-refractivity contribution >= 4 is 10.2 Å². The van der Waals surface area contributed by atoms with Crippen molar-refractivity contribution in [3.05, 3.63) is 0 Å². The summed E-state index contributed by atoms with van der Waals surface area (Å²) < 4.78 is 62.6. The lowest BCUT2D eigenvalue weighted by Gasteiger charge is -2.32. The number of nitrogens with one attached hydrogen (secondary N) is 2. The zero-order valence-corrected chi connectivity index (χ0v) is 12.4. The first-order valence-corrected chi connectivity index (χ1v) is 8.21. The van der Waals surface area contributed by atoms with Crippen LogP contribution in [-0.2, 0) is 10.2 Å². The SMILES string of the molecule is CCCNCC1CCCN(S(=O)(=O)NCC(F)(F)F)C1. The highest BCUT2D eigenvalue weighted by Gasteiger charge is 2.33. The van der Waals surface area contributed by atoms with Crippen LogP contribution in [0.15, 0.2) is 0 Å². The summed E-state index contributed by atoms with van der Waals surface area (Å²) in [6, 6.07) is 0. The fourth-order valence-electron chi connectivity index (χ4n) is 2.16. The molecule has 1 unspecified atom stereocenters. The van der Waals surface area contributed by atoms with Gasteiger partial charge in [0.2, 0.25) is 0 Å². The molecule has 1 aliphatic rings. The normalized spacial score (nSPS) is 22.1. The second-order valence-corrected chi connectivity index (χ2v) is 6.77. The predicted molar refractivity (Wildman–Crippen MR) is 70.4 cm³/mol. The van der Waals surface area contributed by atoms with Crippen molar-refractivity contribution in [2.75, 3.05) is 32.7 Å². The molecule has 1 rings (SSSR count). The third-order valence-electron chi connectivity index (χ3n) is 3.14. The molecule has 1 atom stereocenters. The van der Waals surface area contributed by atoms with E-state index in [2.05, 4.69) is 5.32 Å². The van der Waals surface area contributed by atoms with E-state index in [0.717, 1.165) is 23.7 Å². The van der Waals surface area contributed by atoms with E-state index < -0.39 is 22.9 Å². The van der Waals surface area contributed by atoms with Crippen LogP contribution in [0.4, 0.5) is 13.2 Å². The maximum absolute atomic E-state index is 12.1. The zero-order chi connectivity index (χ0) is 15.2. The quantitative estimate of drug-likeness (QED) is 0.691. The van der Waals surface area contributed by atoms with Crippen LogP contribution in [-0.4, -0.2) is 51.6 Å². The Labute approximate surface area is 118 Å². The molecule has 0 aliphatic carbocycles. The summed E-state index contributed by atoms with van der Waals surface area (Å²) in [6.45, 7) is 2.60. The molecule has 5 nitrogen and oxygen atoms in total. The van der Waals surface area contributed by atoms with Crippen LogP contribution >= 0.6 is 0 Å². The predicted octanol–water partition coefficient (Wildman–Crippen LogP) is 1.09. The molecule has 20 heavy (non-hydrogen) atoms. The molecule has 0 amide bonds. The number of alkyl halides is 3. The van der Waals surface area contributed by atoms with Gasteiger partial charge in [-0.2, -0.15) is 30.6 Å². The third-order valence-corrected chi connectivity index (χ3v) is 4.66. The van der Waals surface area contributed by atoms with Gasteiger partial charge in [-0.1, -0.05) is 6.92 Å². The van der Waals surface area contributed by atoms with Gasteiger partial charge in [-0.25, -0.2) is 0 Å². The van der Waals surface area contributed by atoms with Gasteiger partial charge in [0.1, 0.15) is 6.54 Å². The Morgan fingerprint density at radius 2 is 2.05 bits per heavy atom. The average Bonchev–Trinajstić information content (AvgIpc) is 2.37. The van der Waals surface area contributed by atoms with E-state index in [-0.39, 0.29) is 19.0 Å². The summed E-state index contributed by atoms with van der Waals surface area (Å²) in [6.07, 6.45) is -1.99. The van der Waals surface area contributed by atoms with E-state index in [1.54, 1.807) is 4.72 Å². The van der Waals surface area contributed by atoms with Gasteiger partial charge in [0.05, 0.1) is 0 Å². The molecule has 0 spiro atoms. The molecule has 1 heterocycles. The standard InChI is InChI=1S/C11H22F3N3O2S/c1-2-5-15-7-10-4-3-6-17(8-10)20(18,19)16-9-11(12,13)14/h10,15-16H,2-9H2,1H3. The highest BCUT2D eigenvalue weighted by atomic mass is 32.2. The first kappa shape index (κ1) is 17.7. The monoisotopic (exact) mass is 317 g/mol. The summed E-state index contributed by atoms with van der Waals surface area (Å²) in [5.41, 5.74) is 0. The van der Waals surface area contributed by atoms with Crippen LogP contribution in [0.3, 0.4) is 0 Å². The van der Waals surface area contributed by atoms with E-state index in [9.17, 15) is 21.6 Å². The maximum atomic E-state index is 12.1. The van der Waals surface area contributed by atoms with Gasteiger partial charge in [-0.05, 0) is 38.3 Å². The largest absolute Gasteiger partial charge is 0.402 e. The first-order valence-electron chi connectivity index (χ1n) is 6.77. The van der Waals surface area contributed by atoms with Gasteiger partial charge in [-0.15, -0.1) is 0 Å². The van der Waals surface area contributed by atoms with Crippen molar-refractivity contribution < 1.29 is 21.6 Å². The van der Waals surface area contributed by atoms with Gasteiger partial charge in [0, 0.05) is 13.1 Å². The summed E-state index contributed by atoms with van der Waals surface area (Å²) in [5.74, 6) is 0.151. The van der Waals surface area contributed by atoms with E-state index in [1.807, 2.05) is 6.92 Å². The second kappa shape index (κ2) is 7.58. The minimum Gasteiger partial charge on any atom is -0.316 e. The minimum absolute atomic E-state index is 0.151. The van der Waals surface area contributed by atoms with Crippen molar-refractivity contribution in [1.82, 2.24) is 14.3 Å². The van der Waals surface area contributed by atoms with Crippen molar-refractivity contribution in [3.63, 3.8) is 0 Å². The number of hydrogen-bond donors (Lipinski definition) is 2. The fraction of sp³-hybridized carbons (Fsp3) is 1.00. The maximum Gasteiger partial charge on any atom is 0.402 e. The fourth-order valence-corrected chi connectivity index (χ4v) is 3.46. The molecule has 0 saturated carbocycles. The number of hydrogen-bond acceptors (Lipinski definition) is 3. The van der Waals surface area contributed by atoms with E-state index in [0.29, 0.717) is 13.0 Å². The Kier molecular flexibility index (Phi) is 6.70. The molecule has 0 aromatic carbocycles. The van der Waals surface area contributed by atoms with Gasteiger partial charge in [0.15, 0.2) is 0 Å². The van der Waals surface area contributed by atoms with Gasteiger partial charge in [-0.3, -0.25) is 0 Å². The molecule has 1 saturated heterocycles. The second-order valence-electron chi connectivity index (χ2n) is 5.01. The van der Waals surface area contributed by atoms with E-state index in [1.165, 1.54) is 0 Å². The third kappa shape index (κ3) is 6.38. The van der Waals surface area contributed by atoms with Crippen molar-refractivity contribution in [2.24, 2.45) is 5.92 Å². The first-order chi connectivity index (χ1) is 9.24. The van der Waals surface area contributed by atoms with Crippen molar-refractivity contribution in [1.29, 1.82) is 0 Å². The molecule has 2 N–H and O–H groups in total. The van der Waals surface area contributed by atoms with Crippen LogP contribution in [0, 0.1) is 5.92 Å². The molecule has 0 radical (unpaired) electrons. The van der Waals surface area contributed by atoms with Gasteiger partial charge in [0.25, 0.3) is 10.2 Å². The minimum atomic E-state index is -4.54. The van der Waals surface area contributed by atoms with Crippen LogP contribution in [0.5, 0.6) is 0 Å². The van der Waals surface area contributed by atoms with E-state index in [4.69, 9.17) is 0 Å². The molecule has 0 aromatic rings. The molecule has 0 bridgehead atoms. The summed E-state index contributed by atoms with van der Waals surface area (Å²) in [7, 11) is -4.04. The van der Waals surface area contributed by atoms with E-state index >= 15 is 0 Å². The van der Waals surface area contributed by atoms with Crippen LogP contribution in [0.25, 0.3) is 0 Å².